The smallest absolute Gasteiger partial charge is 0.323 e. The molecule has 4 rings (SSSR count). The summed E-state index contributed by atoms with van der Waals surface area (Å²) in [5.41, 5.74) is 3.30. The van der Waals surface area contributed by atoms with Gasteiger partial charge in [0.1, 0.15) is 17.1 Å². The Morgan fingerprint density at radius 2 is 1.77 bits per heavy atom. The maximum Gasteiger partial charge on any atom is 0.323 e. The molecule has 0 saturated carbocycles. The van der Waals surface area contributed by atoms with Crippen molar-refractivity contribution in [3.8, 4) is 28.6 Å². The molecule has 2 heterocycles. The van der Waals surface area contributed by atoms with Gasteiger partial charge in [-0.1, -0.05) is 16.4 Å². The summed E-state index contributed by atoms with van der Waals surface area (Å²) in [5.74, 6) is 2.09. The number of nitrogens with zero attached hydrogens (tertiary/aromatic N) is 3. The third kappa shape index (κ3) is 4.00. The van der Waals surface area contributed by atoms with E-state index in [1.165, 1.54) is 0 Å². The van der Waals surface area contributed by atoms with E-state index in [0.717, 1.165) is 11.1 Å². The number of aromatic nitrogens is 3. The summed E-state index contributed by atoms with van der Waals surface area (Å²) in [7, 11) is 1.60. The monoisotopic (exact) mass is 405 g/mol. The molecule has 2 aromatic carbocycles. The van der Waals surface area contributed by atoms with Crippen molar-refractivity contribution in [1.82, 2.24) is 15.3 Å². The highest BCUT2D eigenvalue weighted by Gasteiger charge is 2.14. The van der Waals surface area contributed by atoms with Gasteiger partial charge >= 0.3 is 6.03 Å². The fourth-order valence-electron chi connectivity index (χ4n) is 2.85. The normalized spacial score (nSPS) is 10.6. The molecule has 9 heteroatoms. The van der Waals surface area contributed by atoms with Gasteiger partial charge in [-0.2, -0.15) is 4.98 Å². The molecule has 2 N–H and O–H groups in total. The van der Waals surface area contributed by atoms with E-state index < -0.39 is 6.03 Å². The fourth-order valence-corrected chi connectivity index (χ4v) is 2.85. The second-order valence-electron chi connectivity index (χ2n) is 6.51. The third-order valence-corrected chi connectivity index (χ3v) is 4.42. The summed E-state index contributed by atoms with van der Waals surface area (Å²) in [6, 6.07) is 14.1. The number of ether oxygens (including phenoxy) is 1. The van der Waals surface area contributed by atoms with Crippen LogP contribution in [0.25, 0.3) is 22.8 Å². The molecule has 0 aliphatic carbocycles. The van der Waals surface area contributed by atoms with E-state index in [9.17, 15) is 4.79 Å². The van der Waals surface area contributed by atoms with Crippen LogP contribution in [0.15, 0.2) is 57.6 Å². The molecule has 9 nitrogen and oxygen atoms in total. The van der Waals surface area contributed by atoms with Crippen LogP contribution in [-0.4, -0.2) is 28.4 Å². The Balaban J connectivity index is 1.45. The van der Waals surface area contributed by atoms with Gasteiger partial charge in [0.25, 0.3) is 5.89 Å². The van der Waals surface area contributed by atoms with Crippen LogP contribution < -0.4 is 15.4 Å². The molecule has 0 aliphatic heterocycles. The van der Waals surface area contributed by atoms with Crippen LogP contribution in [0.5, 0.6) is 5.75 Å². The highest BCUT2D eigenvalue weighted by Crippen LogP contribution is 2.26. The largest absolute Gasteiger partial charge is 0.497 e. The Labute approximate surface area is 172 Å². The van der Waals surface area contributed by atoms with Crippen molar-refractivity contribution >= 4 is 17.4 Å². The van der Waals surface area contributed by atoms with Gasteiger partial charge in [-0.25, -0.2) is 4.79 Å². The molecule has 0 fully saturated rings. The maximum absolute atomic E-state index is 12.2. The minimum atomic E-state index is -0.392. The molecule has 0 aliphatic rings. The SMILES string of the molecule is COc1cccc(-c2nc(-c3ccc(NC(=O)Nc4c(C)noc4C)cc3)no2)c1. The predicted molar refractivity (Wildman–Crippen MR) is 110 cm³/mol. The quantitative estimate of drug-likeness (QED) is 0.496. The van der Waals surface area contributed by atoms with E-state index in [2.05, 4.69) is 25.9 Å². The number of carbonyl (C=O) groups excluding carboxylic acids is 1. The number of anilines is 2. The Bertz CT molecular complexity index is 1160. The van der Waals surface area contributed by atoms with Gasteiger partial charge in [-0.3, -0.25) is 0 Å². The van der Waals surface area contributed by atoms with E-state index in [1.807, 2.05) is 24.3 Å². The summed E-state index contributed by atoms with van der Waals surface area (Å²) in [6.45, 7) is 3.49. The highest BCUT2D eigenvalue weighted by molar-refractivity contribution is 6.00. The predicted octanol–water partition coefficient (Wildman–Crippen LogP) is 4.66. The molecule has 0 bridgehead atoms. The number of hydrogen-bond donors (Lipinski definition) is 2. The molecule has 2 aromatic heterocycles. The summed E-state index contributed by atoms with van der Waals surface area (Å²) in [4.78, 5) is 16.6. The molecule has 4 aromatic rings. The zero-order chi connectivity index (χ0) is 21.1. The van der Waals surface area contributed by atoms with Crippen LogP contribution in [0.1, 0.15) is 11.5 Å². The minimum absolute atomic E-state index is 0.392. The van der Waals surface area contributed by atoms with Gasteiger partial charge in [0.2, 0.25) is 5.82 Å². The Hall–Kier alpha value is -4.14. The highest BCUT2D eigenvalue weighted by atomic mass is 16.5. The van der Waals surface area contributed by atoms with Crippen molar-refractivity contribution < 1.29 is 18.6 Å². The molecule has 0 unspecified atom stereocenters. The van der Waals surface area contributed by atoms with Gasteiger partial charge in [-0.15, -0.1) is 0 Å². The van der Waals surface area contributed by atoms with Crippen LogP contribution in [0.2, 0.25) is 0 Å². The fraction of sp³-hybridized carbons (Fsp3) is 0.143. The lowest BCUT2D eigenvalue weighted by molar-refractivity contribution is 0.262. The summed E-state index contributed by atoms with van der Waals surface area (Å²) < 4.78 is 15.6. The topological polar surface area (TPSA) is 115 Å². The number of rotatable bonds is 5. The average Bonchev–Trinajstić information content (AvgIpc) is 3.37. The number of urea groups is 1. The number of aryl methyl sites for hydroxylation is 2. The average molecular weight is 405 g/mol. The first-order chi connectivity index (χ1) is 14.5. The number of carbonyl (C=O) groups is 1. The molecular weight excluding hydrogens is 386 g/mol. The van der Waals surface area contributed by atoms with Crippen molar-refractivity contribution in [2.24, 2.45) is 0 Å². The molecule has 2 amide bonds. The number of nitrogens with one attached hydrogen (secondary N) is 2. The summed E-state index contributed by atoms with van der Waals surface area (Å²) in [5, 5.41) is 13.3. The zero-order valence-corrected chi connectivity index (χ0v) is 16.6. The molecule has 0 atom stereocenters. The first kappa shape index (κ1) is 19.2. The van der Waals surface area contributed by atoms with Gasteiger partial charge in [0.05, 0.1) is 7.11 Å². The first-order valence-electron chi connectivity index (χ1n) is 9.13. The molecule has 0 spiro atoms. The van der Waals surface area contributed by atoms with Crippen molar-refractivity contribution in [3.63, 3.8) is 0 Å². The summed E-state index contributed by atoms with van der Waals surface area (Å²) in [6.07, 6.45) is 0. The van der Waals surface area contributed by atoms with E-state index in [0.29, 0.717) is 40.3 Å². The standard InChI is InChI=1S/C21H19N5O4/c1-12-18(13(2)29-25-12)23-21(27)22-16-9-7-14(8-10-16)19-24-20(30-26-19)15-5-4-6-17(11-15)28-3/h4-11H,1-3H3,(H2,22,23,27). The van der Waals surface area contributed by atoms with Crippen LogP contribution in [0.4, 0.5) is 16.2 Å². The van der Waals surface area contributed by atoms with E-state index in [1.54, 1.807) is 45.2 Å². The lowest BCUT2D eigenvalue weighted by Gasteiger charge is -2.07. The second kappa shape index (κ2) is 8.08. The molecule has 0 radical (unpaired) electrons. The number of hydrogen-bond acceptors (Lipinski definition) is 7. The van der Waals surface area contributed by atoms with Crippen molar-refractivity contribution in [2.45, 2.75) is 13.8 Å². The zero-order valence-electron chi connectivity index (χ0n) is 16.6. The summed E-state index contributed by atoms with van der Waals surface area (Å²) >= 11 is 0. The number of benzene rings is 2. The van der Waals surface area contributed by atoms with E-state index in [-0.39, 0.29) is 0 Å². The minimum Gasteiger partial charge on any atom is -0.497 e. The molecular formula is C21H19N5O4. The van der Waals surface area contributed by atoms with Gasteiger partial charge in [-0.05, 0) is 56.3 Å². The van der Waals surface area contributed by atoms with Crippen LogP contribution >= 0.6 is 0 Å². The van der Waals surface area contributed by atoms with Gasteiger partial charge < -0.3 is 24.4 Å². The molecule has 152 valence electrons. The Morgan fingerprint density at radius 3 is 2.47 bits per heavy atom. The maximum atomic E-state index is 12.2. The number of methoxy groups -OCH3 is 1. The first-order valence-corrected chi connectivity index (χ1v) is 9.13. The van der Waals surface area contributed by atoms with Crippen molar-refractivity contribution in [3.05, 3.63) is 60.0 Å². The number of amides is 2. The van der Waals surface area contributed by atoms with E-state index in [4.69, 9.17) is 13.8 Å². The van der Waals surface area contributed by atoms with Gasteiger partial charge in [0, 0.05) is 16.8 Å². The van der Waals surface area contributed by atoms with Crippen molar-refractivity contribution in [2.75, 3.05) is 17.7 Å². The second-order valence-corrected chi connectivity index (χ2v) is 6.51. The Morgan fingerprint density at radius 1 is 0.967 bits per heavy atom. The molecule has 0 saturated heterocycles. The van der Waals surface area contributed by atoms with Gasteiger partial charge in [0.15, 0.2) is 5.76 Å². The lowest BCUT2D eigenvalue weighted by Crippen LogP contribution is -2.20. The Kier molecular flexibility index (Phi) is 5.17. The van der Waals surface area contributed by atoms with Crippen LogP contribution in [-0.2, 0) is 0 Å². The molecule has 30 heavy (non-hydrogen) atoms. The van der Waals surface area contributed by atoms with Crippen LogP contribution in [0, 0.1) is 13.8 Å². The third-order valence-electron chi connectivity index (χ3n) is 4.42. The van der Waals surface area contributed by atoms with Crippen molar-refractivity contribution in [1.29, 1.82) is 0 Å². The van der Waals surface area contributed by atoms with E-state index >= 15 is 0 Å². The van der Waals surface area contributed by atoms with Crippen LogP contribution in [0.3, 0.4) is 0 Å². The lowest BCUT2D eigenvalue weighted by atomic mass is 10.2.